The lowest BCUT2D eigenvalue weighted by Crippen LogP contribution is -2.75. The first kappa shape index (κ1) is 48.2. The number of carbonyl (C=O) groups excluding carboxylic acids is 4. The SMILES string of the molecule is CC[Si](CC)(CC)OC1C[C@H]2OC[C@@]2(C)[C@H]2[C@H](C)[C@]3(O)C[C@H](OC(=O)[C@H](O[Si](C)(C)C(C)(C)C)[C@@H](NC(=O)c4ccccc4)c4ccccc4)C(C)=C(C(=O)C(=O)[C@]12C)C3(C)C. The van der Waals surface area contributed by atoms with Crippen LogP contribution in [0.25, 0.3) is 0 Å². The Kier molecular flexibility index (Phi) is 13.2. The van der Waals surface area contributed by atoms with Crippen LogP contribution < -0.4 is 5.32 Å². The van der Waals surface area contributed by atoms with Gasteiger partial charge in [0.15, 0.2) is 22.7 Å². The van der Waals surface area contributed by atoms with Crippen molar-refractivity contribution in [2.24, 2.45) is 28.1 Å². The van der Waals surface area contributed by atoms with E-state index in [0.717, 1.165) is 18.1 Å². The average Bonchev–Trinajstić information content (AvgIpc) is 3.22. The molecule has 0 radical (unpaired) electrons. The van der Waals surface area contributed by atoms with Gasteiger partial charge in [-0.15, -0.1) is 0 Å². The summed E-state index contributed by atoms with van der Waals surface area (Å²) in [7, 11) is -5.05. The Morgan fingerprint density at radius 1 is 0.935 bits per heavy atom. The zero-order valence-corrected chi connectivity index (χ0v) is 41.8. The summed E-state index contributed by atoms with van der Waals surface area (Å²) in [5, 5.41) is 16.4. The molecule has 1 heterocycles. The Morgan fingerprint density at radius 2 is 1.50 bits per heavy atom. The summed E-state index contributed by atoms with van der Waals surface area (Å²) in [6.07, 6.45) is -2.67. The van der Waals surface area contributed by atoms with Gasteiger partial charge in [0.2, 0.25) is 11.6 Å². The van der Waals surface area contributed by atoms with Gasteiger partial charge in [-0.05, 0) is 85.2 Å². The molecule has 0 aromatic heterocycles. The van der Waals surface area contributed by atoms with E-state index < -0.39 is 92.2 Å². The van der Waals surface area contributed by atoms with E-state index in [1.165, 1.54) is 0 Å². The number of hydrogen-bond acceptors (Lipinski definition) is 9. The third-order valence-electron chi connectivity index (χ3n) is 16.9. The number of amides is 1. The van der Waals surface area contributed by atoms with E-state index in [4.69, 9.17) is 18.3 Å². The molecule has 62 heavy (non-hydrogen) atoms. The van der Waals surface area contributed by atoms with Crippen molar-refractivity contribution in [3.05, 3.63) is 82.9 Å². The van der Waals surface area contributed by atoms with Gasteiger partial charge in [0.25, 0.3) is 5.91 Å². The summed E-state index contributed by atoms with van der Waals surface area (Å²) in [6, 6.07) is 19.7. The van der Waals surface area contributed by atoms with Gasteiger partial charge in [-0.3, -0.25) is 14.4 Å². The van der Waals surface area contributed by atoms with Crippen LogP contribution in [0.4, 0.5) is 0 Å². The number of ketones is 2. The number of hydrogen-bond donors (Lipinski definition) is 2. The predicted octanol–water partition coefficient (Wildman–Crippen LogP) is 9.55. The highest BCUT2D eigenvalue weighted by Gasteiger charge is 2.74. The van der Waals surface area contributed by atoms with Crippen molar-refractivity contribution in [2.75, 3.05) is 6.61 Å². The molecule has 2 aromatic carbocycles. The lowest BCUT2D eigenvalue weighted by atomic mass is 9.41. The fraction of sp³-hybridized carbons (Fsp3) is 0.640. The number of esters is 1. The molecule has 12 heteroatoms. The zero-order chi connectivity index (χ0) is 46.0. The number of fused-ring (bicyclic) bond motifs is 5. The number of rotatable bonds is 13. The summed E-state index contributed by atoms with van der Waals surface area (Å²) in [4.78, 5) is 59.8. The van der Waals surface area contributed by atoms with Crippen LogP contribution in [0.3, 0.4) is 0 Å². The van der Waals surface area contributed by atoms with E-state index in [2.05, 4.69) is 53.8 Å². The molecular formula is C50H73NO9Si2. The predicted molar refractivity (Wildman–Crippen MR) is 246 cm³/mol. The first-order valence-corrected chi connectivity index (χ1v) is 28.3. The molecule has 1 saturated heterocycles. The molecule has 2 aromatic rings. The van der Waals surface area contributed by atoms with Crippen LogP contribution in [0.5, 0.6) is 0 Å². The maximum Gasteiger partial charge on any atom is 0.337 e. The molecule has 4 aliphatic rings. The molecule has 3 aliphatic carbocycles. The third kappa shape index (κ3) is 7.76. The first-order chi connectivity index (χ1) is 28.8. The summed E-state index contributed by atoms with van der Waals surface area (Å²) in [5.74, 6) is -3.35. The number of nitrogens with one attached hydrogen (secondary N) is 1. The summed E-state index contributed by atoms with van der Waals surface area (Å²) >= 11 is 0. The second-order valence-electron chi connectivity index (χ2n) is 21.4. The third-order valence-corrected chi connectivity index (χ3v) is 26.0. The van der Waals surface area contributed by atoms with Crippen LogP contribution in [-0.2, 0) is 32.7 Å². The van der Waals surface area contributed by atoms with E-state index in [1.54, 1.807) is 31.2 Å². The second kappa shape index (κ2) is 16.9. The molecule has 3 fully saturated rings. The molecular weight excluding hydrogens is 815 g/mol. The normalized spacial score (nSPS) is 32.0. The number of carbonyl (C=O) groups is 4. The lowest BCUT2D eigenvalue weighted by Gasteiger charge is -2.68. The minimum absolute atomic E-state index is 0.0137. The van der Waals surface area contributed by atoms with Crippen LogP contribution in [0.15, 0.2) is 71.8 Å². The molecule has 340 valence electrons. The van der Waals surface area contributed by atoms with Crippen molar-refractivity contribution in [2.45, 2.75) is 168 Å². The minimum atomic E-state index is -2.76. The Labute approximate surface area is 372 Å². The molecule has 1 amide bonds. The summed E-state index contributed by atoms with van der Waals surface area (Å²) < 4.78 is 27.1. The van der Waals surface area contributed by atoms with Crippen LogP contribution in [-0.4, -0.2) is 81.8 Å². The van der Waals surface area contributed by atoms with Gasteiger partial charge < -0.3 is 28.7 Å². The number of benzene rings is 2. The molecule has 2 N–H and O–H groups in total. The maximum atomic E-state index is 15.4. The fourth-order valence-electron chi connectivity index (χ4n) is 11.6. The molecule has 0 spiro atoms. The molecule has 2 bridgehead atoms. The Morgan fingerprint density at radius 3 is 2.02 bits per heavy atom. The van der Waals surface area contributed by atoms with Gasteiger partial charge in [-0.2, -0.15) is 0 Å². The molecule has 2 saturated carbocycles. The van der Waals surface area contributed by atoms with Gasteiger partial charge in [0.05, 0.1) is 35.9 Å². The Bertz CT molecular complexity index is 2050. The van der Waals surface area contributed by atoms with Crippen molar-refractivity contribution in [3.8, 4) is 0 Å². The highest BCUT2D eigenvalue weighted by molar-refractivity contribution is 6.74. The van der Waals surface area contributed by atoms with Gasteiger partial charge in [-0.1, -0.05) is 118 Å². The number of Topliss-reactive ketones (excluding diaryl/α,β-unsaturated/α-hetero) is 2. The topological polar surface area (TPSA) is 137 Å². The quantitative estimate of drug-likeness (QED) is 0.115. The van der Waals surface area contributed by atoms with Gasteiger partial charge >= 0.3 is 5.97 Å². The van der Waals surface area contributed by atoms with Crippen molar-refractivity contribution < 1.29 is 42.6 Å². The first-order valence-electron chi connectivity index (χ1n) is 22.9. The Balaban J connectivity index is 1.47. The Hall–Kier alpha value is -3.27. The van der Waals surface area contributed by atoms with E-state index in [1.807, 2.05) is 77.2 Å². The van der Waals surface area contributed by atoms with E-state index >= 15 is 14.4 Å². The molecule has 1 unspecified atom stereocenters. The smallest absolute Gasteiger partial charge is 0.337 e. The molecule has 10 nitrogen and oxygen atoms in total. The number of aliphatic hydroxyl groups is 1. The van der Waals surface area contributed by atoms with Crippen LogP contribution >= 0.6 is 0 Å². The highest BCUT2D eigenvalue weighted by atomic mass is 28.4. The van der Waals surface area contributed by atoms with Crippen LogP contribution in [0, 0.1) is 28.1 Å². The lowest BCUT2D eigenvalue weighted by molar-refractivity contribution is -0.297. The van der Waals surface area contributed by atoms with E-state index in [-0.39, 0.29) is 29.0 Å². The van der Waals surface area contributed by atoms with Gasteiger partial charge in [-0.25, -0.2) is 4.79 Å². The maximum absolute atomic E-state index is 15.4. The largest absolute Gasteiger partial charge is 0.456 e. The highest BCUT2D eigenvalue weighted by Crippen LogP contribution is 2.67. The zero-order valence-electron chi connectivity index (χ0n) is 39.8. The monoisotopic (exact) mass is 887 g/mol. The minimum Gasteiger partial charge on any atom is -0.456 e. The van der Waals surface area contributed by atoms with Crippen molar-refractivity contribution in [1.29, 1.82) is 0 Å². The van der Waals surface area contributed by atoms with Gasteiger partial charge in [0, 0.05) is 34.8 Å². The van der Waals surface area contributed by atoms with Crippen LogP contribution in [0.2, 0.25) is 36.3 Å². The molecule has 1 aliphatic heterocycles. The van der Waals surface area contributed by atoms with E-state index in [0.29, 0.717) is 29.7 Å². The van der Waals surface area contributed by atoms with E-state index in [9.17, 15) is 9.90 Å². The fourth-order valence-corrected chi connectivity index (χ4v) is 15.7. The average molecular weight is 888 g/mol. The van der Waals surface area contributed by atoms with Crippen molar-refractivity contribution >= 4 is 40.1 Å². The standard InChI is InChI=1S/C50H73NO9Si2/c1-15-62(16-2,17-3)59-37-28-36-48(11,30-57-36)42-32(5)50(56)29-35(31(4)38(47(50,9)10)40(52)43(53)49(37,42)12)58-45(55)41(60-61(13,14)46(6,7)8)39(33-24-20-18-21-25-33)51-44(54)34-26-22-19-23-27-34/h18-27,32,35-37,39,41-42,56H,15-17,28-30H2,1-14H3,(H,51,54)/t32-,35-,36+,37?,39-,41+,42+,48+,49+,50+/m0/s1. The second-order valence-corrected chi connectivity index (χ2v) is 30.8. The van der Waals surface area contributed by atoms with Gasteiger partial charge in [0.1, 0.15) is 6.10 Å². The molecule has 6 rings (SSSR count). The van der Waals surface area contributed by atoms with Crippen LogP contribution in [0.1, 0.15) is 118 Å². The summed E-state index contributed by atoms with van der Waals surface area (Å²) in [6.45, 7) is 28.7. The summed E-state index contributed by atoms with van der Waals surface area (Å²) in [5.41, 5.74) is -2.90. The van der Waals surface area contributed by atoms with Crippen molar-refractivity contribution in [1.82, 2.24) is 5.32 Å². The van der Waals surface area contributed by atoms with Crippen molar-refractivity contribution in [3.63, 3.8) is 0 Å². The number of ether oxygens (including phenoxy) is 2. The molecule has 10 atom stereocenters.